The lowest BCUT2D eigenvalue weighted by Crippen LogP contribution is -2.38. The van der Waals surface area contributed by atoms with Gasteiger partial charge in [0.15, 0.2) is 11.6 Å². The molecule has 0 atom stereocenters. The van der Waals surface area contributed by atoms with Gasteiger partial charge in [0.25, 0.3) is 0 Å². The van der Waals surface area contributed by atoms with Crippen LogP contribution in [0.4, 0.5) is 4.39 Å². The third kappa shape index (κ3) is 7.19. The molecule has 10 nitrogen and oxygen atoms in total. The maximum Gasteiger partial charge on any atom is 0.337 e. The molecule has 2 aromatic heterocycles. The van der Waals surface area contributed by atoms with Crippen molar-refractivity contribution in [3.05, 3.63) is 107 Å². The number of piperidine rings is 1. The average Bonchev–Trinajstić information content (AvgIpc) is 3.72. The van der Waals surface area contributed by atoms with E-state index in [0.717, 1.165) is 72.3 Å². The normalized spacial score (nSPS) is 15.4. The lowest BCUT2D eigenvalue weighted by Gasteiger charge is -2.32. The molecule has 5 aromatic rings. The van der Waals surface area contributed by atoms with Gasteiger partial charge in [-0.2, -0.15) is 5.26 Å². The molecule has 0 N–H and O–H groups in total. The van der Waals surface area contributed by atoms with Crippen molar-refractivity contribution in [1.29, 1.82) is 5.26 Å². The summed E-state index contributed by atoms with van der Waals surface area (Å²) in [6.45, 7) is 4.14. The highest BCUT2D eigenvalue weighted by molar-refractivity contribution is 5.93. The third-order valence-corrected chi connectivity index (χ3v) is 9.07. The molecule has 0 radical (unpaired) electrons. The minimum atomic E-state index is -0.560. The van der Waals surface area contributed by atoms with E-state index in [-0.39, 0.29) is 30.0 Å². The Balaban J connectivity index is 1.00. The molecule has 2 fully saturated rings. The Labute approximate surface area is 278 Å². The quantitative estimate of drug-likeness (QED) is 0.149. The van der Waals surface area contributed by atoms with Gasteiger partial charge < -0.3 is 23.3 Å². The topological polar surface area (TPSA) is 107 Å². The first kappa shape index (κ1) is 31.4. The van der Waals surface area contributed by atoms with Crippen LogP contribution < -0.4 is 9.47 Å². The van der Waals surface area contributed by atoms with Crippen molar-refractivity contribution in [2.75, 3.05) is 20.2 Å². The van der Waals surface area contributed by atoms with Crippen LogP contribution in [0.25, 0.3) is 11.0 Å². The molecule has 0 spiro atoms. The number of likely N-dealkylation sites (tertiary alicyclic amines) is 1. The lowest BCUT2D eigenvalue weighted by molar-refractivity contribution is 0.0601. The molecule has 1 aliphatic heterocycles. The van der Waals surface area contributed by atoms with Gasteiger partial charge in [-0.15, -0.1) is 0 Å². The van der Waals surface area contributed by atoms with Crippen LogP contribution in [0.15, 0.2) is 73.2 Å². The molecular weight excluding hydrogens is 611 g/mol. The molecule has 48 heavy (non-hydrogen) atoms. The monoisotopic (exact) mass is 648 g/mol. The van der Waals surface area contributed by atoms with E-state index in [0.29, 0.717) is 18.7 Å². The predicted octanol–water partition coefficient (Wildman–Crippen LogP) is 6.11. The summed E-state index contributed by atoms with van der Waals surface area (Å²) in [7, 11) is 1.39. The summed E-state index contributed by atoms with van der Waals surface area (Å²) in [5.41, 5.74) is 4.47. The highest BCUT2D eigenvalue weighted by Crippen LogP contribution is 2.31. The molecule has 246 valence electrons. The fourth-order valence-electron chi connectivity index (χ4n) is 6.23. The Morgan fingerprint density at radius 3 is 2.67 bits per heavy atom. The second-order valence-electron chi connectivity index (χ2n) is 12.6. The number of rotatable bonds is 12. The van der Waals surface area contributed by atoms with E-state index in [9.17, 15) is 9.18 Å². The van der Waals surface area contributed by atoms with Gasteiger partial charge in [0.2, 0.25) is 0 Å². The largest absolute Gasteiger partial charge is 0.490 e. The summed E-state index contributed by atoms with van der Waals surface area (Å²) in [6.07, 6.45) is 8.15. The maximum absolute atomic E-state index is 14.2. The summed E-state index contributed by atoms with van der Waals surface area (Å²) >= 11 is 0. The number of hydrogen-bond acceptors (Lipinski definition) is 8. The van der Waals surface area contributed by atoms with Gasteiger partial charge in [-0.05, 0) is 85.7 Å². The van der Waals surface area contributed by atoms with Gasteiger partial charge in [-0.25, -0.2) is 19.2 Å². The average molecular weight is 649 g/mol. The molecule has 0 bridgehead atoms. The number of nitrogens with zero attached hydrogens (tertiary/aromatic N) is 6. The molecular formula is C37H37FN6O4. The first-order valence-electron chi connectivity index (χ1n) is 16.3. The van der Waals surface area contributed by atoms with Gasteiger partial charge in [0.05, 0.1) is 60.5 Å². The molecule has 11 heteroatoms. The van der Waals surface area contributed by atoms with Crippen LogP contribution in [0.3, 0.4) is 0 Å². The Morgan fingerprint density at radius 2 is 1.90 bits per heavy atom. The number of aromatic nitrogens is 4. The molecule has 0 amide bonds. The smallest absolute Gasteiger partial charge is 0.337 e. The van der Waals surface area contributed by atoms with Crippen molar-refractivity contribution in [1.82, 2.24) is 24.0 Å². The van der Waals surface area contributed by atoms with Crippen LogP contribution in [-0.2, 0) is 31.0 Å². The predicted molar refractivity (Wildman–Crippen MR) is 176 cm³/mol. The van der Waals surface area contributed by atoms with E-state index < -0.39 is 5.82 Å². The van der Waals surface area contributed by atoms with Gasteiger partial charge in [-0.3, -0.25) is 4.90 Å². The lowest BCUT2D eigenvalue weighted by atomic mass is 10.1. The van der Waals surface area contributed by atoms with Crippen molar-refractivity contribution < 1.29 is 23.4 Å². The van der Waals surface area contributed by atoms with Crippen LogP contribution in [0.5, 0.6) is 11.5 Å². The van der Waals surface area contributed by atoms with Gasteiger partial charge in [0, 0.05) is 25.8 Å². The summed E-state index contributed by atoms with van der Waals surface area (Å²) in [5.74, 6) is 1.59. The van der Waals surface area contributed by atoms with Crippen molar-refractivity contribution in [3.8, 4) is 17.6 Å². The number of methoxy groups -OCH3 is 1. The number of benzene rings is 3. The first-order valence-corrected chi connectivity index (χ1v) is 16.3. The Morgan fingerprint density at radius 1 is 1.04 bits per heavy atom. The van der Waals surface area contributed by atoms with E-state index in [1.807, 2.05) is 55.0 Å². The highest BCUT2D eigenvalue weighted by Gasteiger charge is 2.25. The van der Waals surface area contributed by atoms with Crippen LogP contribution >= 0.6 is 0 Å². The zero-order chi connectivity index (χ0) is 33.0. The minimum Gasteiger partial charge on any atom is -0.490 e. The number of nitriles is 1. The molecule has 1 saturated carbocycles. The molecule has 0 unspecified atom stereocenters. The molecule has 1 aliphatic carbocycles. The summed E-state index contributed by atoms with van der Waals surface area (Å²) in [4.78, 5) is 24.3. The van der Waals surface area contributed by atoms with E-state index in [2.05, 4.69) is 19.0 Å². The van der Waals surface area contributed by atoms with E-state index in [4.69, 9.17) is 24.5 Å². The molecule has 3 heterocycles. The molecule has 7 rings (SSSR count). The fourth-order valence-corrected chi connectivity index (χ4v) is 6.23. The van der Waals surface area contributed by atoms with E-state index in [1.54, 1.807) is 6.07 Å². The Bertz CT molecular complexity index is 1970. The van der Waals surface area contributed by atoms with Crippen LogP contribution in [0.2, 0.25) is 0 Å². The number of esters is 1. The summed E-state index contributed by atoms with van der Waals surface area (Å²) < 4.78 is 35.7. The Kier molecular flexibility index (Phi) is 9.07. The summed E-state index contributed by atoms with van der Waals surface area (Å²) in [5, 5.41) is 8.96. The maximum atomic E-state index is 14.2. The third-order valence-electron chi connectivity index (χ3n) is 9.07. The van der Waals surface area contributed by atoms with Crippen molar-refractivity contribution in [2.45, 2.75) is 58.0 Å². The van der Waals surface area contributed by atoms with Crippen LogP contribution in [-0.4, -0.2) is 56.3 Å². The van der Waals surface area contributed by atoms with Crippen LogP contribution in [0.1, 0.15) is 58.7 Å². The number of ether oxygens (including phenoxy) is 3. The number of imidazole rings is 2. The molecule has 3 aromatic carbocycles. The van der Waals surface area contributed by atoms with Gasteiger partial charge in [-0.1, -0.05) is 12.1 Å². The van der Waals surface area contributed by atoms with Crippen molar-refractivity contribution in [2.24, 2.45) is 5.92 Å². The molecule has 1 saturated heterocycles. The first-order chi connectivity index (χ1) is 23.4. The van der Waals surface area contributed by atoms with Crippen LogP contribution in [0, 0.1) is 23.1 Å². The van der Waals surface area contributed by atoms with E-state index in [1.165, 1.54) is 38.2 Å². The van der Waals surface area contributed by atoms with Crippen molar-refractivity contribution in [3.63, 3.8) is 0 Å². The number of carbonyl (C=O) groups excluding carboxylic acids is 1. The summed E-state index contributed by atoms with van der Waals surface area (Å²) in [6, 6.07) is 19.3. The SMILES string of the molecule is COC(=O)c1ccc2nc(CN3CCC(Oc4cccc(COc5ccc(C#N)cc5F)c4)CC3)n(Cc3cncn3CC3CC3)c2c1. The van der Waals surface area contributed by atoms with Crippen molar-refractivity contribution >= 4 is 17.0 Å². The molecule has 2 aliphatic rings. The standard InChI is InChI=1S/C37H37FN6O4/c1-46-37(45)28-8-9-33-34(17-28)44(21-29-19-40-24-43(29)20-25-5-6-25)36(41-33)22-42-13-11-30(12-14-42)48-31-4-2-3-27(15-31)23-47-35-10-7-26(18-39)16-32(35)38/h2-4,7-10,15-17,19,24-25,30H,5-6,11-14,20-23H2,1H3. The second kappa shape index (κ2) is 13.9. The second-order valence-corrected chi connectivity index (χ2v) is 12.6. The number of hydrogen-bond donors (Lipinski definition) is 0. The zero-order valence-electron chi connectivity index (χ0n) is 26.8. The van der Waals surface area contributed by atoms with E-state index >= 15 is 0 Å². The van der Waals surface area contributed by atoms with Gasteiger partial charge >= 0.3 is 5.97 Å². The fraction of sp³-hybridized carbons (Fsp3) is 0.351. The zero-order valence-corrected chi connectivity index (χ0v) is 26.8. The highest BCUT2D eigenvalue weighted by atomic mass is 19.1. The van der Waals surface area contributed by atoms with Gasteiger partial charge in [0.1, 0.15) is 24.3 Å². The minimum absolute atomic E-state index is 0.0617. The number of halogens is 1. The number of carbonyl (C=O) groups is 1. The Hall–Kier alpha value is -5.21. The number of fused-ring (bicyclic) bond motifs is 1.